The topological polar surface area (TPSA) is 56.7 Å². The van der Waals surface area contributed by atoms with E-state index >= 15 is 0 Å². The van der Waals surface area contributed by atoms with Crippen LogP contribution >= 0.6 is 0 Å². The molecule has 5 heteroatoms. The molecule has 1 heterocycles. The Morgan fingerprint density at radius 2 is 2.00 bits per heavy atom. The summed E-state index contributed by atoms with van der Waals surface area (Å²) in [7, 11) is 1.82. The summed E-state index contributed by atoms with van der Waals surface area (Å²) in [4.78, 5) is 19.2. The molecular weight excluding hydrogens is 336 g/mol. The Bertz CT molecular complexity index is 695. The molecule has 2 unspecified atom stereocenters. The van der Waals surface area contributed by atoms with Crippen molar-refractivity contribution in [3.05, 3.63) is 35.4 Å². The fourth-order valence-electron chi connectivity index (χ4n) is 4.84. The first-order chi connectivity index (χ1) is 13.2. The van der Waals surface area contributed by atoms with E-state index in [0.29, 0.717) is 17.9 Å². The largest absolute Gasteiger partial charge is 0.356 e. The third-order valence-corrected chi connectivity index (χ3v) is 6.50. The van der Waals surface area contributed by atoms with Crippen LogP contribution in [0.3, 0.4) is 0 Å². The highest BCUT2D eigenvalue weighted by Gasteiger charge is 2.32. The number of guanidine groups is 1. The number of rotatable bonds is 4. The highest BCUT2D eigenvalue weighted by Crippen LogP contribution is 2.34. The second kappa shape index (κ2) is 8.32. The number of amides is 1. The van der Waals surface area contributed by atoms with Gasteiger partial charge in [-0.1, -0.05) is 43.5 Å². The van der Waals surface area contributed by atoms with Crippen molar-refractivity contribution in [3.63, 3.8) is 0 Å². The number of benzene rings is 1. The molecule has 1 aromatic rings. The van der Waals surface area contributed by atoms with Gasteiger partial charge in [0.2, 0.25) is 5.91 Å². The Balaban J connectivity index is 1.23. The van der Waals surface area contributed by atoms with E-state index in [0.717, 1.165) is 51.3 Å². The van der Waals surface area contributed by atoms with Gasteiger partial charge in [0.25, 0.3) is 0 Å². The van der Waals surface area contributed by atoms with Gasteiger partial charge in [0.1, 0.15) is 0 Å². The minimum Gasteiger partial charge on any atom is -0.356 e. The zero-order chi connectivity index (χ0) is 18.6. The van der Waals surface area contributed by atoms with E-state index in [9.17, 15) is 4.79 Å². The average molecular weight is 369 g/mol. The summed E-state index contributed by atoms with van der Waals surface area (Å²) in [6, 6.07) is 8.98. The minimum atomic E-state index is 0.272. The van der Waals surface area contributed by atoms with Crippen molar-refractivity contribution in [2.24, 2.45) is 10.9 Å². The first-order valence-corrected chi connectivity index (χ1v) is 10.6. The summed E-state index contributed by atoms with van der Waals surface area (Å²) in [5.41, 5.74) is 2.94. The molecule has 2 N–H and O–H groups in total. The van der Waals surface area contributed by atoms with Gasteiger partial charge in [-0.05, 0) is 36.8 Å². The van der Waals surface area contributed by atoms with Crippen LogP contribution in [-0.2, 0) is 11.2 Å². The summed E-state index contributed by atoms with van der Waals surface area (Å²) in [6.07, 6.45) is 8.04. The Labute approximate surface area is 162 Å². The van der Waals surface area contributed by atoms with Crippen molar-refractivity contribution in [2.45, 2.75) is 56.9 Å². The van der Waals surface area contributed by atoms with Crippen LogP contribution in [0.2, 0.25) is 0 Å². The van der Waals surface area contributed by atoms with Crippen LogP contribution in [0.25, 0.3) is 0 Å². The van der Waals surface area contributed by atoms with Gasteiger partial charge < -0.3 is 15.5 Å². The lowest BCUT2D eigenvalue weighted by molar-refractivity contribution is -0.135. The number of likely N-dealkylation sites (tertiary alicyclic amines) is 1. The van der Waals surface area contributed by atoms with Gasteiger partial charge in [0, 0.05) is 44.6 Å². The SMILES string of the molecule is CN=C(NCC1Cc2ccccc21)NC1CCN(C(=O)C2CCCCC2)C1. The number of hydrogen-bond acceptors (Lipinski definition) is 2. The van der Waals surface area contributed by atoms with E-state index in [2.05, 4.69) is 44.8 Å². The highest BCUT2D eigenvalue weighted by atomic mass is 16.2. The molecule has 1 aliphatic heterocycles. The summed E-state index contributed by atoms with van der Waals surface area (Å²) in [5.74, 6) is 2.09. The van der Waals surface area contributed by atoms with Crippen molar-refractivity contribution in [3.8, 4) is 0 Å². The van der Waals surface area contributed by atoms with Crippen LogP contribution in [0.1, 0.15) is 55.6 Å². The molecule has 4 rings (SSSR count). The second-order valence-electron chi connectivity index (χ2n) is 8.30. The molecule has 2 atom stereocenters. The number of nitrogens with one attached hydrogen (secondary N) is 2. The maximum absolute atomic E-state index is 12.7. The summed E-state index contributed by atoms with van der Waals surface area (Å²) < 4.78 is 0. The summed E-state index contributed by atoms with van der Waals surface area (Å²) in [6.45, 7) is 2.59. The van der Waals surface area contributed by atoms with Gasteiger partial charge in [0.05, 0.1) is 0 Å². The third-order valence-electron chi connectivity index (χ3n) is 6.50. The molecule has 0 aromatic heterocycles. The zero-order valence-corrected chi connectivity index (χ0v) is 16.4. The Hall–Kier alpha value is -2.04. The van der Waals surface area contributed by atoms with Gasteiger partial charge in [0.15, 0.2) is 5.96 Å². The van der Waals surface area contributed by atoms with Gasteiger partial charge >= 0.3 is 0 Å². The van der Waals surface area contributed by atoms with Crippen molar-refractivity contribution in [2.75, 3.05) is 26.7 Å². The van der Waals surface area contributed by atoms with Crippen LogP contribution in [-0.4, -0.2) is 49.5 Å². The van der Waals surface area contributed by atoms with Crippen LogP contribution < -0.4 is 10.6 Å². The van der Waals surface area contributed by atoms with Crippen molar-refractivity contribution < 1.29 is 4.79 Å². The second-order valence-corrected chi connectivity index (χ2v) is 8.30. The fraction of sp³-hybridized carbons (Fsp3) is 0.636. The van der Waals surface area contributed by atoms with E-state index in [-0.39, 0.29) is 5.92 Å². The predicted molar refractivity (Wildman–Crippen MR) is 109 cm³/mol. The average Bonchev–Trinajstić information content (AvgIpc) is 3.16. The molecule has 1 aromatic carbocycles. The van der Waals surface area contributed by atoms with Crippen molar-refractivity contribution in [1.82, 2.24) is 15.5 Å². The van der Waals surface area contributed by atoms with Crippen LogP contribution in [0.4, 0.5) is 0 Å². The first kappa shape index (κ1) is 18.3. The first-order valence-electron chi connectivity index (χ1n) is 10.6. The monoisotopic (exact) mass is 368 g/mol. The number of carbonyl (C=O) groups is 1. The van der Waals surface area contributed by atoms with E-state index in [1.807, 2.05) is 7.05 Å². The molecule has 0 radical (unpaired) electrons. The van der Waals surface area contributed by atoms with Gasteiger partial charge in [-0.2, -0.15) is 0 Å². The van der Waals surface area contributed by atoms with E-state index in [1.54, 1.807) is 0 Å². The maximum Gasteiger partial charge on any atom is 0.225 e. The molecule has 2 aliphatic carbocycles. The predicted octanol–water partition coefficient (Wildman–Crippen LogP) is 2.67. The molecule has 0 spiro atoms. The van der Waals surface area contributed by atoms with Gasteiger partial charge in [-0.3, -0.25) is 9.79 Å². The number of aliphatic imine (C=N–C) groups is 1. The third kappa shape index (κ3) is 4.12. The van der Waals surface area contributed by atoms with Crippen LogP contribution in [0.15, 0.2) is 29.3 Å². The number of carbonyl (C=O) groups excluding carboxylic acids is 1. The molecule has 5 nitrogen and oxygen atoms in total. The number of nitrogens with zero attached hydrogens (tertiary/aromatic N) is 2. The minimum absolute atomic E-state index is 0.272. The maximum atomic E-state index is 12.7. The van der Waals surface area contributed by atoms with Crippen molar-refractivity contribution in [1.29, 1.82) is 0 Å². The lowest BCUT2D eigenvalue weighted by atomic mass is 9.78. The molecule has 1 amide bonds. The molecule has 1 saturated heterocycles. The Morgan fingerprint density at radius 1 is 1.19 bits per heavy atom. The zero-order valence-electron chi connectivity index (χ0n) is 16.4. The van der Waals surface area contributed by atoms with E-state index in [4.69, 9.17) is 0 Å². The standard InChI is InChI=1S/C22H32N4O/c1-23-22(24-14-18-13-17-9-5-6-10-20(17)18)25-19-11-12-26(15-19)21(27)16-7-3-2-4-8-16/h5-6,9-10,16,18-19H,2-4,7-8,11-15H2,1H3,(H2,23,24,25). The lowest BCUT2D eigenvalue weighted by Gasteiger charge is -2.31. The van der Waals surface area contributed by atoms with Gasteiger partial charge in [-0.25, -0.2) is 0 Å². The highest BCUT2D eigenvalue weighted by molar-refractivity contribution is 5.81. The molecule has 3 aliphatic rings. The molecule has 146 valence electrons. The van der Waals surface area contributed by atoms with Gasteiger partial charge in [-0.15, -0.1) is 0 Å². The summed E-state index contributed by atoms with van der Waals surface area (Å²) in [5, 5.41) is 7.01. The number of fused-ring (bicyclic) bond motifs is 1. The summed E-state index contributed by atoms with van der Waals surface area (Å²) >= 11 is 0. The van der Waals surface area contributed by atoms with E-state index < -0.39 is 0 Å². The lowest BCUT2D eigenvalue weighted by Crippen LogP contribution is -2.47. The van der Waals surface area contributed by atoms with Crippen LogP contribution in [0, 0.1) is 5.92 Å². The quantitative estimate of drug-likeness (QED) is 0.635. The molecule has 2 fully saturated rings. The fourth-order valence-corrected chi connectivity index (χ4v) is 4.84. The molecule has 0 bridgehead atoms. The molecular formula is C22H32N4O. The smallest absolute Gasteiger partial charge is 0.225 e. The van der Waals surface area contributed by atoms with Crippen LogP contribution in [0.5, 0.6) is 0 Å². The number of hydrogen-bond donors (Lipinski definition) is 2. The molecule has 27 heavy (non-hydrogen) atoms. The van der Waals surface area contributed by atoms with Crippen molar-refractivity contribution >= 4 is 11.9 Å². The normalized spacial score (nSPS) is 25.7. The Morgan fingerprint density at radius 3 is 2.78 bits per heavy atom. The molecule has 1 saturated carbocycles. The van der Waals surface area contributed by atoms with E-state index in [1.165, 1.54) is 30.4 Å². The Kier molecular flexibility index (Phi) is 5.65.